The predicted molar refractivity (Wildman–Crippen MR) is 82.8 cm³/mol. The molecule has 0 saturated heterocycles. The van der Waals surface area contributed by atoms with Crippen LogP contribution in [0.5, 0.6) is 5.75 Å². The second-order valence-electron chi connectivity index (χ2n) is 5.12. The maximum Gasteiger partial charge on any atom is 0.277 e. The van der Waals surface area contributed by atoms with E-state index in [0.717, 1.165) is 18.4 Å². The van der Waals surface area contributed by atoms with Crippen molar-refractivity contribution in [2.45, 2.75) is 36.3 Å². The fourth-order valence-electron chi connectivity index (χ4n) is 1.94. The molecule has 1 aromatic heterocycles. The smallest absolute Gasteiger partial charge is 0.277 e. The van der Waals surface area contributed by atoms with Crippen LogP contribution in [0.25, 0.3) is 11.5 Å². The van der Waals surface area contributed by atoms with E-state index in [-0.39, 0.29) is 11.2 Å². The van der Waals surface area contributed by atoms with Crippen molar-refractivity contribution >= 4 is 17.7 Å². The Morgan fingerprint density at radius 1 is 1.41 bits per heavy atom. The van der Waals surface area contributed by atoms with Gasteiger partial charge in [-0.1, -0.05) is 23.9 Å². The number of hydrogen-bond donors (Lipinski definition) is 1. The van der Waals surface area contributed by atoms with E-state index in [1.807, 2.05) is 31.2 Å². The largest absolute Gasteiger partial charge is 0.496 e. The zero-order chi connectivity index (χ0) is 15.5. The topological polar surface area (TPSA) is 77.2 Å². The van der Waals surface area contributed by atoms with Crippen molar-refractivity contribution in [3.8, 4) is 17.2 Å². The second kappa shape index (κ2) is 6.39. The standard InChI is InChI=1S/C15H17N3O3S/c1-9(13(19)16-10-7-8-10)22-15-18-17-14(21-15)11-5-3-4-6-12(11)20-2/h3-6,9-10H,7-8H2,1-2H3,(H,16,19). The van der Waals surface area contributed by atoms with E-state index in [1.54, 1.807) is 7.11 Å². The van der Waals surface area contributed by atoms with Crippen molar-refractivity contribution in [3.63, 3.8) is 0 Å². The molecular formula is C15H17N3O3S. The number of para-hydroxylation sites is 1. The molecular weight excluding hydrogens is 302 g/mol. The number of hydrogen-bond acceptors (Lipinski definition) is 6. The van der Waals surface area contributed by atoms with Crippen molar-refractivity contribution in [1.29, 1.82) is 0 Å². The van der Waals surface area contributed by atoms with Gasteiger partial charge in [-0.3, -0.25) is 4.79 Å². The van der Waals surface area contributed by atoms with E-state index in [1.165, 1.54) is 11.8 Å². The van der Waals surface area contributed by atoms with E-state index in [9.17, 15) is 4.79 Å². The molecule has 1 heterocycles. The molecule has 1 aliphatic rings. The number of rotatable bonds is 6. The van der Waals surface area contributed by atoms with Gasteiger partial charge >= 0.3 is 0 Å². The zero-order valence-corrected chi connectivity index (χ0v) is 13.2. The van der Waals surface area contributed by atoms with Crippen LogP contribution in [0.1, 0.15) is 19.8 Å². The van der Waals surface area contributed by atoms with Crippen LogP contribution in [-0.2, 0) is 4.79 Å². The summed E-state index contributed by atoms with van der Waals surface area (Å²) in [5.74, 6) is 1.06. The minimum absolute atomic E-state index is 0.00421. The van der Waals surface area contributed by atoms with Crippen LogP contribution >= 0.6 is 11.8 Å². The summed E-state index contributed by atoms with van der Waals surface area (Å²) < 4.78 is 10.9. The lowest BCUT2D eigenvalue weighted by Gasteiger charge is -2.08. The fraction of sp³-hybridized carbons (Fsp3) is 0.400. The molecule has 1 N–H and O–H groups in total. The summed E-state index contributed by atoms with van der Waals surface area (Å²) >= 11 is 1.26. The van der Waals surface area contributed by atoms with Gasteiger partial charge in [0.25, 0.3) is 11.1 Å². The van der Waals surface area contributed by atoms with Crippen LogP contribution in [0.15, 0.2) is 33.9 Å². The minimum atomic E-state index is -0.272. The first-order valence-corrected chi connectivity index (χ1v) is 7.99. The number of amides is 1. The Hall–Kier alpha value is -2.02. The van der Waals surface area contributed by atoms with Gasteiger partial charge < -0.3 is 14.5 Å². The van der Waals surface area contributed by atoms with Crippen molar-refractivity contribution in [1.82, 2.24) is 15.5 Å². The van der Waals surface area contributed by atoms with E-state index >= 15 is 0 Å². The summed E-state index contributed by atoms with van der Waals surface area (Å²) in [6, 6.07) is 7.78. The Labute approximate surface area is 132 Å². The van der Waals surface area contributed by atoms with Crippen molar-refractivity contribution in [2.24, 2.45) is 0 Å². The summed E-state index contributed by atoms with van der Waals surface area (Å²) in [4.78, 5) is 11.9. The molecule has 0 radical (unpaired) electrons. The third-order valence-corrected chi connectivity index (χ3v) is 4.25. The highest BCUT2D eigenvalue weighted by atomic mass is 32.2. The summed E-state index contributed by atoms with van der Waals surface area (Å²) in [5, 5.41) is 11.1. The molecule has 1 unspecified atom stereocenters. The fourth-order valence-corrected chi connectivity index (χ4v) is 2.63. The van der Waals surface area contributed by atoms with Crippen molar-refractivity contribution in [3.05, 3.63) is 24.3 Å². The van der Waals surface area contributed by atoms with Gasteiger partial charge in [0.2, 0.25) is 5.91 Å². The monoisotopic (exact) mass is 319 g/mol. The Morgan fingerprint density at radius 3 is 2.91 bits per heavy atom. The van der Waals surface area contributed by atoms with Gasteiger partial charge in [-0.05, 0) is 31.9 Å². The van der Waals surface area contributed by atoms with Gasteiger partial charge in [0.15, 0.2) is 0 Å². The molecule has 7 heteroatoms. The molecule has 2 aromatic rings. The number of thioether (sulfide) groups is 1. The first kappa shape index (κ1) is 14.9. The number of benzene rings is 1. The molecule has 116 valence electrons. The molecule has 1 atom stereocenters. The van der Waals surface area contributed by atoms with Crippen molar-refractivity contribution < 1.29 is 13.9 Å². The summed E-state index contributed by atoms with van der Waals surface area (Å²) in [6.45, 7) is 1.83. The molecule has 1 saturated carbocycles. The highest BCUT2D eigenvalue weighted by Crippen LogP contribution is 2.31. The Morgan fingerprint density at radius 2 is 2.18 bits per heavy atom. The van der Waals surface area contributed by atoms with Crippen LogP contribution in [-0.4, -0.2) is 34.5 Å². The van der Waals surface area contributed by atoms with Crippen LogP contribution in [0.3, 0.4) is 0 Å². The average molecular weight is 319 g/mol. The molecule has 1 aromatic carbocycles. The number of carbonyl (C=O) groups is 1. The SMILES string of the molecule is COc1ccccc1-c1nnc(SC(C)C(=O)NC2CC2)o1. The highest BCUT2D eigenvalue weighted by molar-refractivity contribution is 8.00. The Bertz CT molecular complexity index is 670. The lowest BCUT2D eigenvalue weighted by molar-refractivity contribution is -0.120. The number of nitrogens with zero attached hydrogens (tertiary/aromatic N) is 2. The van der Waals surface area contributed by atoms with Gasteiger partial charge in [-0.15, -0.1) is 10.2 Å². The van der Waals surface area contributed by atoms with Gasteiger partial charge in [-0.2, -0.15) is 0 Å². The molecule has 1 aliphatic carbocycles. The average Bonchev–Trinajstić information content (AvgIpc) is 3.23. The quantitative estimate of drug-likeness (QED) is 0.824. The number of carbonyl (C=O) groups excluding carboxylic acids is 1. The first-order valence-electron chi connectivity index (χ1n) is 7.11. The van der Waals surface area contributed by atoms with E-state index in [2.05, 4.69) is 15.5 Å². The van der Waals surface area contributed by atoms with Crippen molar-refractivity contribution in [2.75, 3.05) is 7.11 Å². The molecule has 3 rings (SSSR count). The molecule has 1 amide bonds. The predicted octanol–water partition coefficient (Wildman–Crippen LogP) is 2.50. The van der Waals surface area contributed by atoms with Crippen LogP contribution < -0.4 is 10.1 Å². The van der Waals surface area contributed by atoms with Crippen LogP contribution in [0.4, 0.5) is 0 Å². The number of ether oxygens (including phenoxy) is 1. The van der Waals surface area contributed by atoms with Gasteiger partial charge in [0.1, 0.15) is 5.75 Å². The summed E-state index contributed by atoms with van der Waals surface area (Å²) in [7, 11) is 1.59. The number of nitrogens with one attached hydrogen (secondary N) is 1. The molecule has 0 spiro atoms. The normalized spacial score (nSPS) is 15.4. The molecule has 1 fully saturated rings. The van der Waals surface area contributed by atoms with E-state index in [4.69, 9.17) is 9.15 Å². The second-order valence-corrected chi connectivity index (χ2v) is 6.41. The molecule has 22 heavy (non-hydrogen) atoms. The lowest BCUT2D eigenvalue weighted by Crippen LogP contribution is -2.32. The highest BCUT2D eigenvalue weighted by Gasteiger charge is 2.27. The molecule has 0 aliphatic heterocycles. The van der Waals surface area contributed by atoms with E-state index < -0.39 is 0 Å². The lowest BCUT2D eigenvalue weighted by atomic mass is 10.2. The maximum absolute atomic E-state index is 11.9. The van der Waals surface area contributed by atoms with Gasteiger partial charge in [0, 0.05) is 6.04 Å². The van der Waals surface area contributed by atoms with E-state index in [0.29, 0.717) is 22.9 Å². The molecule has 0 bridgehead atoms. The number of aromatic nitrogens is 2. The first-order chi connectivity index (χ1) is 10.7. The number of methoxy groups -OCH3 is 1. The Balaban J connectivity index is 1.69. The summed E-state index contributed by atoms with van der Waals surface area (Å²) in [5.41, 5.74) is 0.736. The third kappa shape index (κ3) is 3.41. The zero-order valence-electron chi connectivity index (χ0n) is 12.4. The summed E-state index contributed by atoms with van der Waals surface area (Å²) in [6.07, 6.45) is 2.14. The van der Waals surface area contributed by atoms with Gasteiger partial charge in [-0.25, -0.2) is 0 Å². The van der Waals surface area contributed by atoms with Gasteiger partial charge in [0.05, 0.1) is 17.9 Å². The molecule has 6 nitrogen and oxygen atoms in total. The maximum atomic E-state index is 11.9. The Kier molecular flexibility index (Phi) is 4.33. The van der Waals surface area contributed by atoms with Crippen LogP contribution in [0, 0.1) is 0 Å². The third-order valence-electron chi connectivity index (χ3n) is 3.31. The minimum Gasteiger partial charge on any atom is -0.496 e. The van der Waals surface area contributed by atoms with Crippen LogP contribution in [0.2, 0.25) is 0 Å².